The Morgan fingerprint density at radius 2 is 2.19 bits per heavy atom. The van der Waals surface area contributed by atoms with Gasteiger partial charge in [0, 0.05) is 31.2 Å². The molecule has 112 valence electrons. The molecular weight excluding hydrogens is 308 g/mol. The Balaban J connectivity index is 1.85. The van der Waals surface area contributed by atoms with Gasteiger partial charge in [0.25, 0.3) is 0 Å². The zero-order chi connectivity index (χ0) is 14.5. The van der Waals surface area contributed by atoms with Crippen molar-refractivity contribution >= 4 is 35.0 Å². The Morgan fingerprint density at radius 3 is 2.90 bits per heavy atom. The Labute approximate surface area is 131 Å². The summed E-state index contributed by atoms with van der Waals surface area (Å²) in [6.45, 7) is 5.81. The quantitative estimate of drug-likeness (QED) is 0.891. The van der Waals surface area contributed by atoms with Crippen molar-refractivity contribution in [2.45, 2.75) is 16.4 Å². The molecule has 0 aliphatic carbocycles. The van der Waals surface area contributed by atoms with Crippen LogP contribution in [0.5, 0.6) is 0 Å². The van der Waals surface area contributed by atoms with Gasteiger partial charge in [0.2, 0.25) is 17.1 Å². The molecule has 0 atom stereocenters. The fraction of sp³-hybridized carbons (Fsp3) is 0.500. The summed E-state index contributed by atoms with van der Waals surface area (Å²) in [5, 5.41) is 5.76. The lowest BCUT2D eigenvalue weighted by Crippen LogP contribution is -2.37. The molecule has 1 fully saturated rings. The number of ether oxygens (including phenoxy) is 1. The van der Waals surface area contributed by atoms with Crippen molar-refractivity contribution < 1.29 is 4.74 Å². The fourth-order valence-electron chi connectivity index (χ4n) is 1.87. The van der Waals surface area contributed by atoms with Gasteiger partial charge in [0.1, 0.15) is 0 Å². The van der Waals surface area contributed by atoms with Gasteiger partial charge in [0.15, 0.2) is 4.34 Å². The van der Waals surface area contributed by atoms with E-state index in [1.165, 1.54) is 11.8 Å². The van der Waals surface area contributed by atoms with Crippen molar-refractivity contribution in [3.05, 3.63) is 11.6 Å². The van der Waals surface area contributed by atoms with Gasteiger partial charge >= 0.3 is 0 Å². The number of hydrogen-bond donors (Lipinski definition) is 1. The van der Waals surface area contributed by atoms with Crippen LogP contribution in [0.1, 0.15) is 6.92 Å². The summed E-state index contributed by atoms with van der Waals surface area (Å²) >= 11 is 3.04. The van der Waals surface area contributed by atoms with E-state index >= 15 is 0 Å². The fourth-order valence-corrected chi connectivity index (χ4v) is 3.34. The number of thiazole rings is 1. The number of anilines is 2. The topological polar surface area (TPSA) is 76.1 Å². The summed E-state index contributed by atoms with van der Waals surface area (Å²) in [6, 6.07) is 0. The molecule has 3 heterocycles. The first-order valence-corrected chi connectivity index (χ1v) is 8.45. The van der Waals surface area contributed by atoms with Crippen molar-refractivity contribution in [2.24, 2.45) is 0 Å². The highest BCUT2D eigenvalue weighted by Crippen LogP contribution is 2.28. The first-order chi connectivity index (χ1) is 10.3. The Morgan fingerprint density at radius 1 is 1.33 bits per heavy atom. The molecule has 21 heavy (non-hydrogen) atoms. The number of hydrogen-bond acceptors (Lipinski definition) is 9. The molecule has 0 radical (unpaired) electrons. The zero-order valence-corrected chi connectivity index (χ0v) is 13.3. The van der Waals surface area contributed by atoms with Crippen LogP contribution in [0.25, 0.3) is 0 Å². The molecule has 1 saturated heterocycles. The molecule has 0 saturated carbocycles. The van der Waals surface area contributed by atoms with E-state index in [9.17, 15) is 0 Å². The summed E-state index contributed by atoms with van der Waals surface area (Å²) in [6.07, 6.45) is 1.78. The van der Waals surface area contributed by atoms with Crippen LogP contribution in [0, 0.1) is 0 Å². The Hall–Kier alpha value is -1.45. The minimum absolute atomic E-state index is 0.605. The SMILES string of the molecule is CCNc1nc(Sc2nccs2)nc(N2CCOCC2)n1. The highest BCUT2D eigenvalue weighted by molar-refractivity contribution is 8.00. The minimum Gasteiger partial charge on any atom is -0.378 e. The van der Waals surface area contributed by atoms with E-state index in [1.54, 1.807) is 17.5 Å². The maximum atomic E-state index is 5.37. The molecule has 0 spiro atoms. The lowest BCUT2D eigenvalue weighted by molar-refractivity contribution is 0.122. The number of morpholine rings is 1. The second kappa shape index (κ2) is 7.01. The summed E-state index contributed by atoms with van der Waals surface area (Å²) in [4.78, 5) is 19.8. The second-order valence-electron chi connectivity index (χ2n) is 4.27. The molecule has 1 N–H and O–H groups in total. The van der Waals surface area contributed by atoms with Crippen LogP contribution in [0.4, 0.5) is 11.9 Å². The lowest BCUT2D eigenvalue weighted by Gasteiger charge is -2.27. The number of nitrogens with zero attached hydrogens (tertiary/aromatic N) is 5. The van der Waals surface area contributed by atoms with Crippen molar-refractivity contribution in [2.75, 3.05) is 43.1 Å². The van der Waals surface area contributed by atoms with Gasteiger partial charge in [-0.1, -0.05) is 0 Å². The largest absolute Gasteiger partial charge is 0.378 e. The summed E-state index contributed by atoms with van der Waals surface area (Å²) < 4.78 is 6.30. The van der Waals surface area contributed by atoms with E-state index in [0.717, 1.165) is 24.0 Å². The predicted molar refractivity (Wildman–Crippen MR) is 83.3 cm³/mol. The molecule has 0 unspecified atom stereocenters. The standard InChI is InChI=1S/C12H16N6OS2/c1-2-13-9-15-10(18-4-6-19-7-5-18)17-11(16-9)21-12-14-3-8-20-12/h3,8H,2,4-7H2,1H3,(H,13,15,16,17). The molecule has 7 nitrogen and oxygen atoms in total. The smallest absolute Gasteiger partial charge is 0.231 e. The molecule has 9 heteroatoms. The van der Waals surface area contributed by atoms with Crippen LogP contribution in [0.2, 0.25) is 0 Å². The van der Waals surface area contributed by atoms with Crippen LogP contribution in [0.3, 0.4) is 0 Å². The first kappa shape index (κ1) is 14.5. The highest BCUT2D eigenvalue weighted by atomic mass is 32.2. The zero-order valence-electron chi connectivity index (χ0n) is 11.7. The molecular formula is C12H16N6OS2. The van der Waals surface area contributed by atoms with Crippen molar-refractivity contribution in [1.29, 1.82) is 0 Å². The van der Waals surface area contributed by atoms with Crippen molar-refractivity contribution in [1.82, 2.24) is 19.9 Å². The van der Waals surface area contributed by atoms with Crippen molar-refractivity contribution in [3.8, 4) is 0 Å². The molecule has 3 rings (SSSR count). The third kappa shape index (κ3) is 3.80. The van der Waals surface area contributed by atoms with Gasteiger partial charge in [-0.15, -0.1) is 11.3 Å². The molecule has 1 aliphatic heterocycles. The first-order valence-electron chi connectivity index (χ1n) is 6.75. The van der Waals surface area contributed by atoms with Crippen LogP contribution in [0.15, 0.2) is 21.1 Å². The number of rotatable bonds is 5. The number of aromatic nitrogens is 4. The van der Waals surface area contributed by atoms with E-state index in [2.05, 4.69) is 30.2 Å². The van der Waals surface area contributed by atoms with Crippen LogP contribution in [-0.4, -0.2) is 52.8 Å². The Kier molecular flexibility index (Phi) is 4.84. The molecule has 2 aromatic heterocycles. The lowest BCUT2D eigenvalue weighted by atomic mass is 10.4. The highest BCUT2D eigenvalue weighted by Gasteiger charge is 2.17. The van der Waals surface area contributed by atoms with Gasteiger partial charge in [0.05, 0.1) is 13.2 Å². The predicted octanol–water partition coefficient (Wildman–Crippen LogP) is 1.75. The van der Waals surface area contributed by atoms with Gasteiger partial charge in [-0.3, -0.25) is 0 Å². The van der Waals surface area contributed by atoms with E-state index in [-0.39, 0.29) is 0 Å². The van der Waals surface area contributed by atoms with E-state index in [0.29, 0.717) is 30.3 Å². The molecule has 1 aliphatic rings. The van der Waals surface area contributed by atoms with Gasteiger partial charge in [-0.25, -0.2) is 4.98 Å². The third-order valence-corrected chi connectivity index (χ3v) is 4.57. The average Bonchev–Trinajstić information content (AvgIpc) is 3.01. The van der Waals surface area contributed by atoms with E-state index < -0.39 is 0 Å². The van der Waals surface area contributed by atoms with Crippen LogP contribution < -0.4 is 10.2 Å². The summed E-state index contributed by atoms with van der Waals surface area (Å²) in [5.74, 6) is 1.30. The van der Waals surface area contributed by atoms with Gasteiger partial charge in [-0.05, 0) is 18.7 Å². The van der Waals surface area contributed by atoms with Gasteiger partial charge in [-0.2, -0.15) is 15.0 Å². The summed E-state index contributed by atoms with van der Waals surface area (Å²) in [7, 11) is 0. The number of nitrogens with one attached hydrogen (secondary N) is 1. The molecule has 0 amide bonds. The van der Waals surface area contributed by atoms with E-state index in [4.69, 9.17) is 4.74 Å². The molecule has 0 bridgehead atoms. The van der Waals surface area contributed by atoms with E-state index in [1.807, 2.05) is 12.3 Å². The van der Waals surface area contributed by atoms with Crippen molar-refractivity contribution in [3.63, 3.8) is 0 Å². The van der Waals surface area contributed by atoms with Crippen LogP contribution in [-0.2, 0) is 4.74 Å². The Bertz CT molecular complexity index is 573. The normalized spacial score (nSPS) is 15.2. The molecule has 0 aromatic carbocycles. The van der Waals surface area contributed by atoms with Crippen LogP contribution >= 0.6 is 23.1 Å². The molecule has 2 aromatic rings. The third-order valence-electron chi connectivity index (χ3n) is 2.82. The maximum absolute atomic E-state index is 5.37. The minimum atomic E-state index is 0.605. The maximum Gasteiger partial charge on any atom is 0.231 e. The van der Waals surface area contributed by atoms with Gasteiger partial charge < -0.3 is 15.0 Å². The average molecular weight is 324 g/mol. The monoisotopic (exact) mass is 324 g/mol. The second-order valence-corrected chi connectivity index (χ2v) is 6.38. The summed E-state index contributed by atoms with van der Waals surface area (Å²) in [5.41, 5.74) is 0.